The number of ether oxygens (including phenoxy) is 2. The first-order chi connectivity index (χ1) is 12.3. The highest BCUT2D eigenvalue weighted by molar-refractivity contribution is 5.98. The van der Waals surface area contributed by atoms with Gasteiger partial charge in [0.05, 0.1) is 0 Å². The second-order valence-corrected chi connectivity index (χ2v) is 6.69. The molecule has 132 valence electrons. The van der Waals surface area contributed by atoms with Gasteiger partial charge in [-0.25, -0.2) is 0 Å². The van der Waals surface area contributed by atoms with Crippen LogP contribution in [-0.2, 0) is 6.54 Å². The predicted octanol–water partition coefficient (Wildman–Crippen LogP) is 2.60. The molecule has 2 aliphatic rings. The van der Waals surface area contributed by atoms with E-state index in [1.807, 2.05) is 35.1 Å². The summed E-state index contributed by atoms with van der Waals surface area (Å²) in [6, 6.07) is 7.45. The van der Waals surface area contributed by atoms with Crippen LogP contribution < -0.4 is 9.47 Å². The minimum Gasteiger partial charge on any atom is -0.454 e. The number of likely N-dealkylation sites (tertiary alicyclic amines) is 1. The van der Waals surface area contributed by atoms with E-state index < -0.39 is 0 Å². The summed E-state index contributed by atoms with van der Waals surface area (Å²) < 4.78 is 12.7. The van der Waals surface area contributed by atoms with Crippen molar-refractivity contribution in [1.82, 2.24) is 14.7 Å². The quantitative estimate of drug-likeness (QED) is 0.756. The van der Waals surface area contributed by atoms with E-state index in [1.165, 1.54) is 0 Å². The Hall–Kier alpha value is -2.34. The molecule has 0 unspecified atom stereocenters. The maximum Gasteiger partial charge on any atom is 0.231 e. The molecule has 1 saturated heterocycles. The lowest BCUT2D eigenvalue weighted by Crippen LogP contribution is -2.39. The Balaban J connectivity index is 1.33. The minimum absolute atomic E-state index is 0.0684. The molecule has 0 amide bonds. The Labute approximate surface area is 147 Å². The first-order valence-corrected chi connectivity index (χ1v) is 8.93. The average Bonchev–Trinajstić information content (AvgIpc) is 3.32. The van der Waals surface area contributed by atoms with Gasteiger partial charge in [0.25, 0.3) is 0 Å². The summed E-state index contributed by atoms with van der Waals surface area (Å²) in [5.41, 5.74) is 0.729. The van der Waals surface area contributed by atoms with Gasteiger partial charge in [-0.2, -0.15) is 5.10 Å². The molecule has 0 saturated carbocycles. The van der Waals surface area contributed by atoms with Gasteiger partial charge in [-0.3, -0.25) is 9.48 Å². The number of benzene rings is 1. The van der Waals surface area contributed by atoms with E-state index in [4.69, 9.17) is 9.47 Å². The number of piperidine rings is 1. The third kappa shape index (κ3) is 3.69. The molecule has 25 heavy (non-hydrogen) atoms. The lowest BCUT2D eigenvalue weighted by Gasteiger charge is -2.32. The molecular weight excluding hydrogens is 318 g/mol. The molecule has 0 spiro atoms. The normalized spacial score (nSPS) is 19.9. The second kappa shape index (κ2) is 7.27. The van der Waals surface area contributed by atoms with Crippen LogP contribution in [0.2, 0.25) is 0 Å². The summed E-state index contributed by atoms with van der Waals surface area (Å²) in [7, 11) is 0. The fraction of sp³-hybridized carbons (Fsp3) is 0.474. The summed E-state index contributed by atoms with van der Waals surface area (Å²) in [6.45, 7) is 4.08. The number of fused-ring (bicyclic) bond motifs is 1. The van der Waals surface area contributed by atoms with E-state index in [1.54, 1.807) is 6.20 Å². The Morgan fingerprint density at radius 2 is 2.16 bits per heavy atom. The van der Waals surface area contributed by atoms with Crippen molar-refractivity contribution in [1.29, 1.82) is 0 Å². The monoisotopic (exact) mass is 341 g/mol. The molecule has 0 radical (unpaired) electrons. The number of hydrogen-bond donors (Lipinski definition) is 0. The van der Waals surface area contributed by atoms with Crippen molar-refractivity contribution in [2.24, 2.45) is 5.92 Å². The van der Waals surface area contributed by atoms with Gasteiger partial charge in [-0.15, -0.1) is 0 Å². The van der Waals surface area contributed by atoms with Crippen molar-refractivity contribution in [3.05, 3.63) is 42.2 Å². The third-order valence-electron chi connectivity index (χ3n) is 4.95. The zero-order chi connectivity index (χ0) is 17.1. The van der Waals surface area contributed by atoms with Crippen LogP contribution in [0.15, 0.2) is 36.7 Å². The van der Waals surface area contributed by atoms with Crippen LogP contribution in [0.25, 0.3) is 0 Å². The largest absolute Gasteiger partial charge is 0.454 e. The number of Topliss-reactive ketones (excluding diaryl/α,β-unsaturated/α-hetero) is 1. The van der Waals surface area contributed by atoms with Crippen molar-refractivity contribution < 1.29 is 14.3 Å². The molecule has 0 bridgehead atoms. The smallest absolute Gasteiger partial charge is 0.231 e. The van der Waals surface area contributed by atoms with Gasteiger partial charge in [-0.05, 0) is 56.6 Å². The van der Waals surface area contributed by atoms with Gasteiger partial charge < -0.3 is 14.4 Å². The Morgan fingerprint density at radius 3 is 3.04 bits per heavy atom. The first kappa shape index (κ1) is 16.1. The van der Waals surface area contributed by atoms with Gasteiger partial charge in [0, 0.05) is 37.0 Å². The second-order valence-electron chi connectivity index (χ2n) is 6.69. The van der Waals surface area contributed by atoms with Crippen LogP contribution in [0.4, 0.5) is 0 Å². The van der Waals surface area contributed by atoms with E-state index in [-0.39, 0.29) is 18.5 Å². The molecule has 1 fully saturated rings. The van der Waals surface area contributed by atoms with E-state index in [2.05, 4.69) is 10.00 Å². The van der Waals surface area contributed by atoms with Crippen LogP contribution in [0, 0.1) is 5.92 Å². The average molecular weight is 341 g/mol. The number of nitrogens with zero attached hydrogens (tertiary/aromatic N) is 3. The number of carbonyl (C=O) groups is 1. The number of aryl methyl sites for hydroxylation is 1. The molecule has 4 rings (SSSR count). The third-order valence-corrected chi connectivity index (χ3v) is 4.95. The summed E-state index contributed by atoms with van der Waals surface area (Å²) >= 11 is 0. The minimum atomic E-state index is 0.0684. The molecule has 2 aliphatic heterocycles. The fourth-order valence-electron chi connectivity index (χ4n) is 3.65. The molecular formula is C19H23N3O3. The van der Waals surface area contributed by atoms with E-state index in [9.17, 15) is 4.79 Å². The molecule has 0 aliphatic carbocycles. The van der Waals surface area contributed by atoms with Gasteiger partial charge in [0.1, 0.15) is 0 Å². The number of carbonyl (C=O) groups excluding carboxylic acids is 1. The van der Waals surface area contributed by atoms with Gasteiger partial charge >= 0.3 is 0 Å². The lowest BCUT2D eigenvalue weighted by molar-refractivity contribution is 0.0816. The van der Waals surface area contributed by atoms with Gasteiger partial charge in [-0.1, -0.05) is 0 Å². The van der Waals surface area contributed by atoms with Gasteiger partial charge in [0.15, 0.2) is 17.3 Å². The van der Waals surface area contributed by atoms with E-state index >= 15 is 0 Å². The molecule has 1 atom stereocenters. The maximum absolute atomic E-state index is 12.9. The zero-order valence-electron chi connectivity index (χ0n) is 14.3. The van der Waals surface area contributed by atoms with Crippen LogP contribution in [0.3, 0.4) is 0 Å². The van der Waals surface area contributed by atoms with Crippen molar-refractivity contribution in [2.75, 3.05) is 26.4 Å². The van der Waals surface area contributed by atoms with Crippen molar-refractivity contribution in [3.63, 3.8) is 0 Å². The summed E-state index contributed by atoms with van der Waals surface area (Å²) in [6.07, 6.45) is 6.88. The summed E-state index contributed by atoms with van der Waals surface area (Å²) in [4.78, 5) is 15.3. The van der Waals surface area contributed by atoms with E-state index in [0.717, 1.165) is 56.8 Å². The van der Waals surface area contributed by atoms with Crippen molar-refractivity contribution in [2.45, 2.75) is 25.8 Å². The van der Waals surface area contributed by atoms with E-state index in [0.29, 0.717) is 5.75 Å². The zero-order valence-corrected chi connectivity index (χ0v) is 14.3. The number of ketones is 1. The summed E-state index contributed by atoms with van der Waals surface area (Å²) in [5, 5.41) is 4.23. The summed E-state index contributed by atoms with van der Waals surface area (Å²) in [5.74, 6) is 1.69. The van der Waals surface area contributed by atoms with Crippen LogP contribution >= 0.6 is 0 Å². The fourth-order valence-corrected chi connectivity index (χ4v) is 3.65. The van der Waals surface area contributed by atoms with Crippen LogP contribution in [0.1, 0.15) is 29.6 Å². The van der Waals surface area contributed by atoms with Crippen LogP contribution in [0.5, 0.6) is 11.5 Å². The van der Waals surface area contributed by atoms with Crippen LogP contribution in [-0.4, -0.2) is 46.9 Å². The molecule has 1 aromatic heterocycles. The SMILES string of the molecule is O=C(c1ccc2c(c1)OCO2)[C@H]1CCCN(CCCn2cccn2)C1. The number of aromatic nitrogens is 2. The highest BCUT2D eigenvalue weighted by Gasteiger charge is 2.27. The van der Waals surface area contributed by atoms with Crippen molar-refractivity contribution in [3.8, 4) is 11.5 Å². The topological polar surface area (TPSA) is 56.6 Å². The lowest BCUT2D eigenvalue weighted by atomic mass is 9.90. The molecule has 2 aromatic rings. The molecule has 0 N–H and O–H groups in total. The number of hydrogen-bond acceptors (Lipinski definition) is 5. The Kier molecular flexibility index (Phi) is 4.70. The molecule has 6 nitrogen and oxygen atoms in total. The molecule has 6 heteroatoms. The first-order valence-electron chi connectivity index (χ1n) is 8.93. The molecule has 3 heterocycles. The molecule has 1 aromatic carbocycles. The highest BCUT2D eigenvalue weighted by atomic mass is 16.7. The Bertz CT molecular complexity index is 730. The predicted molar refractivity (Wildman–Crippen MR) is 92.9 cm³/mol. The Morgan fingerprint density at radius 1 is 1.24 bits per heavy atom. The highest BCUT2D eigenvalue weighted by Crippen LogP contribution is 2.33. The standard InChI is InChI=1S/C19H23N3O3/c23-19(15-5-6-17-18(12-15)25-14-24-17)16-4-1-8-21(13-16)9-3-11-22-10-2-7-20-22/h2,5-7,10,12,16H,1,3-4,8-9,11,13-14H2/t16-/m0/s1. The van der Waals surface area contributed by atoms with Gasteiger partial charge in [0.2, 0.25) is 6.79 Å². The number of rotatable bonds is 6. The van der Waals surface area contributed by atoms with Crippen molar-refractivity contribution >= 4 is 5.78 Å². The maximum atomic E-state index is 12.9.